The van der Waals surface area contributed by atoms with Crippen LogP contribution < -0.4 is 5.73 Å². The zero-order valence-electron chi connectivity index (χ0n) is 9.78. The number of nitrogens with zero attached hydrogens (tertiary/aromatic N) is 1. The minimum absolute atomic E-state index is 0.00521. The topological polar surface area (TPSA) is 64.8 Å². The van der Waals surface area contributed by atoms with Crippen molar-refractivity contribution in [3.63, 3.8) is 0 Å². The highest BCUT2D eigenvalue weighted by Crippen LogP contribution is 2.38. The summed E-state index contributed by atoms with van der Waals surface area (Å²) in [5.74, 6) is 0.00521. The molecule has 1 spiro atoms. The summed E-state index contributed by atoms with van der Waals surface area (Å²) in [4.78, 5) is 13.8. The van der Waals surface area contributed by atoms with Crippen molar-refractivity contribution in [2.45, 2.75) is 18.9 Å². The molecule has 5 nitrogen and oxygen atoms in total. The molecular formula is C11H20N2O3. The van der Waals surface area contributed by atoms with Crippen molar-refractivity contribution >= 4 is 5.91 Å². The number of methoxy groups -OCH3 is 1. The van der Waals surface area contributed by atoms with E-state index in [1.165, 1.54) is 0 Å². The predicted molar refractivity (Wildman–Crippen MR) is 58.9 cm³/mol. The number of hydrogen-bond acceptors (Lipinski definition) is 4. The molecule has 2 rings (SSSR count). The van der Waals surface area contributed by atoms with E-state index in [9.17, 15) is 4.79 Å². The maximum Gasteiger partial charge on any atom is 0.241 e. The van der Waals surface area contributed by atoms with Crippen molar-refractivity contribution in [3.05, 3.63) is 0 Å². The SMILES string of the molecule is COCC(N)C(=O)N1CCC2(CCOC2)C1. The third-order valence-electron chi connectivity index (χ3n) is 3.60. The van der Waals surface area contributed by atoms with E-state index in [0.717, 1.165) is 39.1 Å². The van der Waals surface area contributed by atoms with Crippen LogP contribution in [0.25, 0.3) is 0 Å². The molecule has 1 amide bonds. The van der Waals surface area contributed by atoms with E-state index < -0.39 is 6.04 Å². The van der Waals surface area contributed by atoms with Gasteiger partial charge in [0.25, 0.3) is 0 Å². The van der Waals surface area contributed by atoms with Crippen LogP contribution >= 0.6 is 0 Å². The van der Waals surface area contributed by atoms with Crippen molar-refractivity contribution in [1.82, 2.24) is 4.90 Å². The number of nitrogens with two attached hydrogens (primary N) is 1. The Labute approximate surface area is 95.9 Å². The fourth-order valence-corrected chi connectivity index (χ4v) is 2.58. The first kappa shape index (κ1) is 11.8. The van der Waals surface area contributed by atoms with Crippen LogP contribution in [-0.2, 0) is 14.3 Å². The van der Waals surface area contributed by atoms with E-state index in [1.54, 1.807) is 7.11 Å². The Balaban J connectivity index is 1.90. The molecule has 2 atom stereocenters. The fourth-order valence-electron chi connectivity index (χ4n) is 2.58. The summed E-state index contributed by atoms with van der Waals surface area (Å²) in [6.07, 6.45) is 2.11. The molecule has 0 saturated carbocycles. The molecule has 0 aliphatic carbocycles. The number of rotatable bonds is 3. The molecule has 0 bridgehead atoms. The Bertz CT molecular complexity index is 264. The maximum atomic E-state index is 12.0. The summed E-state index contributed by atoms with van der Waals surface area (Å²) < 4.78 is 10.3. The quantitative estimate of drug-likeness (QED) is 0.714. The molecule has 2 unspecified atom stereocenters. The lowest BCUT2D eigenvalue weighted by Gasteiger charge is -2.23. The van der Waals surface area contributed by atoms with Gasteiger partial charge in [0.15, 0.2) is 0 Å². The average Bonchev–Trinajstić information content (AvgIpc) is 2.89. The van der Waals surface area contributed by atoms with E-state index in [0.29, 0.717) is 6.61 Å². The van der Waals surface area contributed by atoms with Crippen molar-refractivity contribution < 1.29 is 14.3 Å². The normalized spacial score (nSPS) is 31.2. The van der Waals surface area contributed by atoms with E-state index >= 15 is 0 Å². The molecule has 0 aromatic carbocycles. The summed E-state index contributed by atoms with van der Waals surface area (Å²) >= 11 is 0. The maximum absolute atomic E-state index is 12.0. The number of amides is 1. The first-order valence-electron chi connectivity index (χ1n) is 5.78. The molecule has 5 heteroatoms. The van der Waals surface area contributed by atoms with Crippen LogP contribution in [0.2, 0.25) is 0 Å². The van der Waals surface area contributed by atoms with Gasteiger partial charge in [-0.2, -0.15) is 0 Å². The van der Waals surface area contributed by atoms with Crippen LogP contribution in [-0.4, -0.2) is 56.9 Å². The highest BCUT2D eigenvalue weighted by Gasteiger charge is 2.43. The monoisotopic (exact) mass is 228 g/mol. The van der Waals surface area contributed by atoms with Crippen LogP contribution in [0.15, 0.2) is 0 Å². The van der Waals surface area contributed by atoms with Gasteiger partial charge in [-0.1, -0.05) is 0 Å². The Morgan fingerprint density at radius 2 is 2.44 bits per heavy atom. The fraction of sp³-hybridized carbons (Fsp3) is 0.909. The third-order valence-corrected chi connectivity index (χ3v) is 3.60. The molecule has 0 radical (unpaired) electrons. The Morgan fingerprint density at radius 3 is 3.06 bits per heavy atom. The van der Waals surface area contributed by atoms with Gasteiger partial charge in [-0.15, -0.1) is 0 Å². The zero-order chi connectivity index (χ0) is 11.6. The molecule has 2 N–H and O–H groups in total. The summed E-state index contributed by atoms with van der Waals surface area (Å²) in [6.45, 7) is 3.50. The molecule has 2 aliphatic rings. The number of carbonyl (C=O) groups is 1. The predicted octanol–water partition coefficient (Wildman–Crippen LogP) is -0.401. The van der Waals surface area contributed by atoms with E-state index in [2.05, 4.69) is 0 Å². The van der Waals surface area contributed by atoms with E-state index in [1.807, 2.05) is 4.90 Å². The van der Waals surface area contributed by atoms with Crippen LogP contribution in [0.5, 0.6) is 0 Å². The second-order valence-electron chi connectivity index (χ2n) is 4.87. The van der Waals surface area contributed by atoms with E-state index in [4.69, 9.17) is 15.2 Å². The van der Waals surface area contributed by atoms with Crippen LogP contribution in [0, 0.1) is 5.41 Å². The Kier molecular flexibility index (Phi) is 3.47. The number of ether oxygens (including phenoxy) is 2. The molecule has 2 fully saturated rings. The van der Waals surface area contributed by atoms with Gasteiger partial charge in [-0.25, -0.2) is 0 Å². The van der Waals surface area contributed by atoms with Gasteiger partial charge < -0.3 is 20.1 Å². The summed E-state index contributed by atoms with van der Waals surface area (Å²) in [6, 6.07) is -0.525. The van der Waals surface area contributed by atoms with Gasteiger partial charge in [0, 0.05) is 32.2 Å². The van der Waals surface area contributed by atoms with Crippen molar-refractivity contribution in [2.75, 3.05) is 40.0 Å². The number of carbonyl (C=O) groups excluding carboxylic acids is 1. The highest BCUT2D eigenvalue weighted by atomic mass is 16.5. The lowest BCUT2D eigenvalue weighted by atomic mass is 9.87. The highest BCUT2D eigenvalue weighted by molar-refractivity contribution is 5.82. The van der Waals surface area contributed by atoms with Gasteiger partial charge in [0.2, 0.25) is 5.91 Å². The summed E-state index contributed by atoms with van der Waals surface area (Å²) in [7, 11) is 1.56. The molecule has 0 aromatic rings. The third kappa shape index (κ3) is 2.21. The molecule has 2 saturated heterocycles. The Hall–Kier alpha value is -0.650. The summed E-state index contributed by atoms with van der Waals surface area (Å²) in [5.41, 5.74) is 5.96. The molecular weight excluding hydrogens is 208 g/mol. The first-order valence-corrected chi connectivity index (χ1v) is 5.78. The molecule has 0 aromatic heterocycles. The average molecular weight is 228 g/mol. The largest absolute Gasteiger partial charge is 0.383 e. The number of hydrogen-bond donors (Lipinski definition) is 1. The van der Waals surface area contributed by atoms with Crippen molar-refractivity contribution in [3.8, 4) is 0 Å². The van der Waals surface area contributed by atoms with Crippen LogP contribution in [0.3, 0.4) is 0 Å². The van der Waals surface area contributed by atoms with Gasteiger partial charge in [0.05, 0.1) is 13.2 Å². The lowest BCUT2D eigenvalue weighted by molar-refractivity contribution is -0.133. The Morgan fingerprint density at radius 1 is 1.62 bits per heavy atom. The van der Waals surface area contributed by atoms with Crippen LogP contribution in [0.1, 0.15) is 12.8 Å². The summed E-state index contributed by atoms with van der Waals surface area (Å²) in [5, 5.41) is 0. The van der Waals surface area contributed by atoms with Gasteiger partial charge in [-0.3, -0.25) is 4.79 Å². The second kappa shape index (κ2) is 4.69. The van der Waals surface area contributed by atoms with Crippen LogP contribution in [0.4, 0.5) is 0 Å². The van der Waals surface area contributed by atoms with Crippen molar-refractivity contribution in [1.29, 1.82) is 0 Å². The van der Waals surface area contributed by atoms with Gasteiger partial charge in [-0.05, 0) is 12.8 Å². The van der Waals surface area contributed by atoms with Crippen molar-refractivity contribution in [2.24, 2.45) is 11.1 Å². The molecule has 92 valence electrons. The zero-order valence-corrected chi connectivity index (χ0v) is 9.78. The van der Waals surface area contributed by atoms with Gasteiger partial charge in [0.1, 0.15) is 6.04 Å². The minimum atomic E-state index is -0.525. The van der Waals surface area contributed by atoms with Gasteiger partial charge >= 0.3 is 0 Å². The molecule has 16 heavy (non-hydrogen) atoms. The molecule has 2 aliphatic heterocycles. The lowest BCUT2D eigenvalue weighted by Crippen LogP contribution is -2.45. The second-order valence-corrected chi connectivity index (χ2v) is 4.87. The van der Waals surface area contributed by atoms with E-state index in [-0.39, 0.29) is 11.3 Å². The number of likely N-dealkylation sites (tertiary alicyclic amines) is 1. The smallest absolute Gasteiger partial charge is 0.241 e. The minimum Gasteiger partial charge on any atom is -0.383 e. The first-order chi connectivity index (χ1) is 7.67. The molecule has 2 heterocycles. The standard InChI is InChI=1S/C11H20N2O3/c1-15-6-9(12)10(14)13-4-2-11(7-13)3-5-16-8-11/h9H,2-8,12H2,1H3.